The molecule has 1 aromatic rings. The number of ether oxygens (including phenoxy) is 1. The molecule has 0 unspecified atom stereocenters. The number of aromatic nitrogens is 2. The molecule has 2 rings (SSSR count). The highest BCUT2D eigenvalue weighted by Gasteiger charge is 2.45. The summed E-state index contributed by atoms with van der Waals surface area (Å²) in [5, 5.41) is 3.74. The lowest BCUT2D eigenvalue weighted by Crippen LogP contribution is -2.56. The topological polar surface area (TPSA) is 59.2 Å². The molecule has 2 N–H and O–H groups in total. The van der Waals surface area contributed by atoms with Gasteiger partial charge in [-0.05, 0) is 31.0 Å². The van der Waals surface area contributed by atoms with E-state index in [1.54, 1.807) is 6.20 Å². The molecule has 0 amide bonds. The first-order valence-corrected chi connectivity index (χ1v) is 11.1. The van der Waals surface area contributed by atoms with Gasteiger partial charge in [0.2, 0.25) is 0 Å². The Kier molecular flexibility index (Phi) is 5.48. The van der Waals surface area contributed by atoms with Crippen molar-refractivity contribution >= 4 is 8.32 Å². The van der Waals surface area contributed by atoms with E-state index in [0.717, 1.165) is 45.0 Å². The Balaban J connectivity index is 2.00. The van der Waals surface area contributed by atoms with Gasteiger partial charge in [0, 0.05) is 32.2 Å². The zero-order valence-corrected chi connectivity index (χ0v) is 15.7. The first-order chi connectivity index (χ1) is 10.2. The van der Waals surface area contributed by atoms with Crippen molar-refractivity contribution in [1.29, 1.82) is 0 Å². The monoisotopic (exact) mass is 325 g/mol. The van der Waals surface area contributed by atoms with Gasteiger partial charge in [0.15, 0.2) is 8.32 Å². The minimum atomic E-state index is -1.80. The van der Waals surface area contributed by atoms with Crippen LogP contribution >= 0.6 is 0 Å². The third-order valence-corrected chi connectivity index (χ3v) is 9.53. The molecule has 22 heavy (non-hydrogen) atoms. The van der Waals surface area contributed by atoms with E-state index >= 15 is 0 Å². The molecule has 1 fully saturated rings. The average Bonchev–Trinajstić information content (AvgIpc) is 2.91. The normalized spacial score (nSPS) is 19.3. The van der Waals surface area contributed by atoms with Gasteiger partial charge < -0.3 is 19.5 Å². The van der Waals surface area contributed by atoms with Crippen LogP contribution in [0.3, 0.4) is 0 Å². The highest BCUT2D eigenvalue weighted by molar-refractivity contribution is 6.74. The summed E-state index contributed by atoms with van der Waals surface area (Å²) in [5.74, 6) is 0.967. The molecule has 0 spiro atoms. The Hall–Kier alpha value is -0.693. The van der Waals surface area contributed by atoms with Crippen LogP contribution in [0.2, 0.25) is 18.1 Å². The van der Waals surface area contributed by atoms with E-state index in [-0.39, 0.29) is 10.6 Å². The first-order valence-electron chi connectivity index (χ1n) is 8.21. The van der Waals surface area contributed by atoms with Gasteiger partial charge in [-0.2, -0.15) is 0 Å². The molecule has 0 atom stereocenters. The van der Waals surface area contributed by atoms with Crippen LogP contribution in [0.1, 0.15) is 39.4 Å². The van der Waals surface area contributed by atoms with Crippen molar-refractivity contribution < 1.29 is 9.16 Å². The van der Waals surface area contributed by atoms with Crippen LogP contribution in [-0.4, -0.2) is 43.6 Å². The lowest BCUT2D eigenvalue weighted by atomic mass is 9.94. The van der Waals surface area contributed by atoms with Crippen LogP contribution in [0.4, 0.5) is 0 Å². The van der Waals surface area contributed by atoms with Crippen molar-refractivity contribution in [3.8, 4) is 0 Å². The maximum atomic E-state index is 6.82. The smallest absolute Gasteiger partial charge is 0.192 e. The summed E-state index contributed by atoms with van der Waals surface area (Å²) in [6.45, 7) is 14.7. The second-order valence-corrected chi connectivity index (χ2v) is 12.5. The van der Waals surface area contributed by atoms with Crippen molar-refractivity contribution in [1.82, 2.24) is 15.3 Å². The molecule has 0 aromatic carbocycles. The molecular weight excluding hydrogens is 294 g/mol. The summed E-state index contributed by atoms with van der Waals surface area (Å²) in [6, 6.07) is 0. The Morgan fingerprint density at radius 3 is 2.59 bits per heavy atom. The summed E-state index contributed by atoms with van der Waals surface area (Å²) in [6.07, 6.45) is 5.57. The van der Waals surface area contributed by atoms with Crippen molar-refractivity contribution in [3.63, 3.8) is 0 Å². The molecule has 0 bridgehead atoms. The quantitative estimate of drug-likeness (QED) is 0.789. The van der Waals surface area contributed by atoms with E-state index in [9.17, 15) is 0 Å². The molecule has 1 aromatic heterocycles. The molecule has 2 heterocycles. The van der Waals surface area contributed by atoms with E-state index < -0.39 is 8.32 Å². The van der Waals surface area contributed by atoms with Crippen LogP contribution < -0.4 is 5.32 Å². The van der Waals surface area contributed by atoms with Crippen molar-refractivity contribution in [2.45, 2.75) is 63.9 Å². The number of H-pyrrole nitrogens is 1. The molecule has 1 aliphatic heterocycles. The molecule has 5 nitrogen and oxygen atoms in total. The van der Waals surface area contributed by atoms with E-state index in [2.05, 4.69) is 49.1 Å². The minimum absolute atomic E-state index is 0.103. The van der Waals surface area contributed by atoms with Gasteiger partial charge in [-0.15, -0.1) is 0 Å². The number of hydrogen-bond donors (Lipinski definition) is 2. The maximum absolute atomic E-state index is 6.82. The van der Waals surface area contributed by atoms with Gasteiger partial charge in [-0.3, -0.25) is 0 Å². The van der Waals surface area contributed by atoms with E-state index in [1.807, 2.05) is 6.20 Å². The second kappa shape index (κ2) is 6.82. The van der Waals surface area contributed by atoms with Gasteiger partial charge >= 0.3 is 0 Å². The summed E-state index contributed by atoms with van der Waals surface area (Å²) in [7, 11) is -1.80. The van der Waals surface area contributed by atoms with Gasteiger partial charge in [0.1, 0.15) is 5.82 Å². The highest BCUT2D eigenvalue weighted by Crippen LogP contribution is 2.41. The summed E-state index contributed by atoms with van der Waals surface area (Å²) in [5.41, 5.74) is -0.103. The molecule has 1 saturated heterocycles. The predicted molar refractivity (Wildman–Crippen MR) is 91.4 cm³/mol. The molecule has 1 aliphatic rings. The average molecular weight is 326 g/mol. The van der Waals surface area contributed by atoms with Gasteiger partial charge in [-0.25, -0.2) is 4.98 Å². The highest BCUT2D eigenvalue weighted by atomic mass is 28.4. The van der Waals surface area contributed by atoms with Crippen molar-refractivity contribution in [2.75, 3.05) is 19.8 Å². The SMILES string of the molecule is CC(C)(C)[Si](C)(C)OC1(CNCc2ncc[nH]2)CCOCC1. The van der Waals surface area contributed by atoms with Crippen LogP contribution in [0.15, 0.2) is 12.4 Å². The summed E-state index contributed by atoms with van der Waals surface area (Å²) in [4.78, 5) is 7.39. The fraction of sp³-hybridized carbons (Fsp3) is 0.812. The molecular formula is C16H31N3O2Si. The predicted octanol–water partition coefficient (Wildman–Crippen LogP) is 3.07. The van der Waals surface area contributed by atoms with Crippen LogP contribution in [-0.2, 0) is 15.7 Å². The molecule has 126 valence electrons. The summed E-state index contributed by atoms with van der Waals surface area (Å²) < 4.78 is 12.4. The molecule has 0 aliphatic carbocycles. The van der Waals surface area contributed by atoms with Gasteiger partial charge in [0.05, 0.1) is 12.1 Å². The Morgan fingerprint density at radius 1 is 1.36 bits per heavy atom. The van der Waals surface area contributed by atoms with Crippen molar-refractivity contribution in [3.05, 3.63) is 18.2 Å². The van der Waals surface area contributed by atoms with Crippen LogP contribution in [0, 0.1) is 0 Å². The fourth-order valence-electron chi connectivity index (χ4n) is 2.56. The maximum Gasteiger partial charge on any atom is 0.192 e. The van der Waals surface area contributed by atoms with Gasteiger partial charge in [0.25, 0.3) is 0 Å². The number of nitrogens with zero attached hydrogens (tertiary/aromatic N) is 1. The number of hydrogen-bond acceptors (Lipinski definition) is 4. The Labute approximate surface area is 135 Å². The minimum Gasteiger partial charge on any atom is -0.410 e. The number of rotatable bonds is 6. The van der Waals surface area contributed by atoms with E-state index in [4.69, 9.17) is 9.16 Å². The zero-order chi connectivity index (χ0) is 16.3. The number of imidazole rings is 1. The molecule has 6 heteroatoms. The standard InChI is InChI=1S/C16H31N3O2Si/c1-15(2,3)22(4,5)21-16(6-10-20-11-7-16)13-17-12-14-18-8-9-19-14/h8-9,17H,6-7,10-13H2,1-5H3,(H,18,19). The Morgan fingerprint density at radius 2 is 2.05 bits per heavy atom. The third-order valence-electron chi connectivity index (χ3n) is 4.98. The lowest BCUT2D eigenvalue weighted by molar-refractivity contribution is -0.0527. The Bertz CT molecular complexity index is 448. The fourth-order valence-corrected chi connectivity index (χ4v) is 4.22. The van der Waals surface area contributed by atoms with Crippen LogP contribution in [0.5, 0.6) is 0 Å². The zero-order valence-electron chi connectivity index (χ0n) is 14.7. The third kappa shape index (κ3) is 4.41. The van der Waals surface area contributed by atoms with E-state index in [0.29, 0.717) is 0 Å². The number of nitrogens with one attached hydrogen (secondary N) is 2. The molecule has 0 radical (unpaired) electrons. The second-order valence-electron chi connectivity index (χ2n) is 7.80. The summed E-state index contributed by atoms with van der Waals surface area (Å²) >= 11 is 0. The molecule has 0 saturated carbocycles. The van der Waals surface area contributed by atoms with Gasteiger partial charge in [-0.1, -0.05) is 20.8 Å². The van der Waals surface area contributed by atoms with Crippen molar-refractivity contribution in [2.24, 2.45) is 0 Å². The largest absolute Gasteiger partial charge is 0.410 e. The van der Waals surface area contributed by atoms with Crippen LogP contribution in [0.25, 0.3) is 0 Å². The number of aromatic amines is 1. The lowest BCUT2D eigenvalue weighted by Gasteiger charge is -2.47. The first kappa shape index (κ1) is 17.7. The van der Waals surface area contributed by atoms with E-state index in [1.165, 1.54) is 0 Å².